The van der Waals surface area contributed by atoms with Crippen LogP contribution in [0.5, 0.6) is 0 Å². The highest BCUT2D eigenvalue weighted by atomic mass is 16.3. The molecule has 0 aromatic heterocycles. The number of aliphatic hydroxyl groups is 1. The van der Waals surface area contributed by atoms with Gasteiger partial charge in [-0.2, -0.15) is 0 Å². The van der Waals surface area contributed by atoms with Crippen molar-refractivity contribution in [2.75, 3.05) is 0 Å². The molecule has 1 aliphatic rings. The van der Waals surface area contributed by atoms with E-state index < -0.39 is 6.10 Å². The molecule has 1 aliphatic carbocycles. The number of hydrogen-bond acceptors (Lipinski definition) is 2. The van der Waals surface area contributed by atoms with Crippen LogP contribution in [0, 0.1) is 5.92 Å². The smallest absolute Gasteiger partial charge is 0.161 e. The molecule has 0 bridgehead atoms. The average molecular weight is 254 g/mol. The molecule has 0 radical (unpaired) electrons. The molecule has 2 heteroatoms. The van der Waals surface area contributed by atoms with Crippen LogP contribution < -0.4 is 0 Å². The fourth-order valence-corrected chi connectivity index (χ4v) is 2.83. The predicted octanol–water partition coefficient (Wildman–Crippen LogP) is 4.25. The van der Waals surface area contributed by atoms with Gasteiger partial charge in [0.05, 0.1) is 0 Å². The maximum Gasteiger partial charge on any atom is 0.161 e. The molecule has 18 heavy (non-hydrogen) atoms. The summed E-state index contributed by atoms with van der Waals surface area (Å²) in [6.45, 7) is 2.16. The van der Waals surface area contributed by atoms with Crippen molar-refractivity contribution in [3.63, 3.8) is 0 Å². The highest BCUT2D eigenvalue weighted by Gasteiger charge is 2.17. The molecule has 0 saturated heterocycles. The van der Waals surface area contributed by atoms with Crippen molar-refractivity contribution in [2.24, 2.45) is 5.92 Å². The van der Waals surface area contributed by atoms with E-state index in [0.29, 0.717) is 18.8 Å². The summed E-state index contributed by atoms with van der Waals surface area (Å²) in [4.78, 5) is 11.7. The van der Waals surface area contributed by atoms with E-state index in [1.807, 2.05) is 0 Å². The Bertz CT molecular complexity index is 225. The van der Waals surface area contributed by atoms with Crippen LogP contribution in [0.15, 0.2) is 0 Å². The largest absolute Gasteiger partial charge is 0.385 e. The highest BCUT2D eigenvalue weighted by molar-refractivity contribution is 5.82. The second-order valence-corrected chi connectivity index (χ2v) is 6.04. The molecule has 2 atom stereocenters. The lowest BCUT2D eigenvalue weighted by Gasteiger charge is -2.15. The molecule has 0 aromatic rings. The van der Waals surface area contributed by atoms with Gasteiger partial charge in [0.1, 0.15) is 6.10 Å². The van der Waals surface area contributed by atoms with Crippen LogP contribution in [-0.4, -0.2) is 17.0 Å². The number of aliphatic hydroxyl groups excluding tert-OH is 1. The first kappa shape index (κ1) is 15.7. The Balaban J connectivity index is 2.34. The number of carbonyl (C=O) groups is 1. The standard InChI is InChI=1S/C16H30O2/c1-14-11-9-7-5-3-2-4-6-8-10-12-15(17)16(18)13-14/h14,16,18H,2-13H2,1H3. The highest BCUT2D eigenvalue weighted by Crippen LogP contribution is 2.19. The van der Waals surface area contributed by atoms with Crippen molar-refractivity contribution < 1.29 is 9.90 Å². The van der Waals surface area contributed by atoms with Gasteiger partial charge in [-0.15, -0.1) is 0 Å². The SMILES string of the molecule is CC1CCCCCCCCCCCC(=O)C(O)C1. The van der Waals surface area contributed by atoms with Gasteiger partial charge in [-0.25, -0.2) is 0 Å². The van der Waals surface area contributed by atoms with E-state index in [0.717, 1.165) is 19.3 Å². The van der Waals surface area contributed by atoms with E-state index >= 15 is 0 Å². The molecule has 1 saturated carbocycles. The average Bonchev–Trinajstić information content (AvgIpc) is 2.34. The summed E-state index contributed by atoms with van der Waals surface area (Å²) < 4.78 is 0. The Hall–Kier alpha value is -0.370. The first-order valence-electron chi connectivity index (χ1n) is 7.91. The molecule has 0 aliphatic heterocycles. The molecule has 0 aromatic carbocycles. The summed E-state index contributed by atoms with van der Waals surface area (Å²) in [5.41, 5.74) is 0. The van der Waals surface area contributed by atoms with Crippen molar-refractivity contribution in [3.05, 3.63) is 0 Å². The quantitative estimate of drug-likeness (QED) is 0.701. The fraction of sp³-hybridized carbons (Fsp3) is 0.938. The molecule has 2 unspecified atom stereocenters. The monoisotopic (exact) mass is 254 g/mol. The van der Waals surface area contributed by atoms with Gasteiger partial charge in [0.15, 0.2) is 5.78 Å². The Kier molecular flexibility index (Phi) is 8.32. The summed E-state index contributed by atoms with van der Waals surface area (Å²) in [6, 6.07) is 0. The van der Waals surface area contributed by atoms with Gasteiger partial charge >= 0.3 is 0 Å². The van der Waals surface area contributed by atoms with E-state index in [-0.39, 0.29) is 5.78 Å². The molecule has 0 amide bonds. The van der Waals surface area contributed by atoms with Crippen LogP contribution in [-0.2, 0) is 4.79 Å². The van der Waals surface area contributed by atoms with Crippen molar-refractivity contribution in [3.8, 4) is 0 Å². The Labute approximate surface area is 112 Å². The summed E-state index contributed by atoms with van der Waals surface area (Å²) in [6.07, 6.45) is 13.0. The number of Topliss-reactive ketones (excluding diaryl/α,β-unsaturated/α-hetero) is 1. The van der Waals surface area contributed by atoms with E-state index in [4.69, 9.17) is 0 Å². The summed E-state index contributed by atoms with van der Waals surface area (Å²) in [5.74, 6) is 0.547. The summed E-state index contributed by atoms with van der Waals surface area (Å²) >= 11 is 0. The van der Waals surface area contributed by atoms with E-state index in [1.165, 1.54) is 44.9 Å². The van der Waals surface area contributed by atoms with E-state index in [1.54, 1.807) is 0 Å². The first-order valence-corrected chi connectivity index (χ1v) is 7.91. The zero-order valence-corrected chi connectivity index (χ0v) is 12.0. The maximum atomic E-state index is 11.7. The number of rotatable bonds is 0. The third kappa shape index (κ3) is 7.15. The second kappa shape index (κ2) is 9.55. The maximum absolute atomic E-state index is 11.7. The zero-order valence-electron chi connectivity index (χ0n) is 12.0. The van der Waals surface area contributed by atoms with Gasteiger partial charge in [-0.3, -0.25) is 4.79 Å². The molecule has 106 valence electrons. The van der Waals surface area contributed by atoms with E-state index in [2.05, 4.69) is 6.92 Å². The Morgan fingerprint density at radius 3 is 2.00 bits per heavy atom. The minimum atomic E-state index is -0.704. The Morgan fingerprint density at radius 2 is 1.39 bits per heavy atom. The minimum Gasteiger partial charge on any atom is -0.385 e. The van der Waals surface area contributed by atoms with Crippen LogP contribution in [0.2, 0.25) is 0 Å². The van der Waals surface area contributed by atoms with E-state index in [9.17, 15) is 9.90 Å². The zero-order chi connectivity index (χ0) is 13.2. The van der Waals surface area contributed by atoms with Crippen LogP contribution in [0.3, 0.4) is 0 Å². The van der Waals surface area contributed by atoms with Gasteiger partial charge in [0.25, 0.3) is 0 Å². The first-order chi connectivity index (χ1) is 8.70. The molecular weight excluding hydrogens is 224 g/mol. The molecule has 2 nitrogen and oxygen atoms in total. The fourth-order valence-electron chi connectivity index (χ4n) is 2.83. The lowest BCUT2D eigenvalue weighted by atomic mass is 9.94. The third-order valence-corrected chi connectivity index (χ3v) is 4.12. The molecule has 1 N–H and O–H groups in total. The van der Waals surface area contributed by atoms with Crippen molar-refractivity contribution in [1.29, 1.82) is 0 Å². The van der Waals surface area contributed by atoms with Crippen LogP contribution >= 0.6 is 0 Å². The molecule has 1 rings (SSSR count). The summed E-state index contributed by atoms with van der Waals surface area (Å²) in [5, 5.41) is 9.86. The Morgan fingerprint density at radius 1 is 0.889 bits per heavy atom. The lowest BCUT2D eigenvalue weighted by molar-refractivity contribution is -0.128. The molecule has 0 spiro atoms. The lowest BCUT2D eigenvalue weighted by Crippen LogP contribution is -2.22. The second-order valence-electron chi connectivity index (χ2n) is 6.04. The number of ketones is 1. The van der Waals surface area contributed by atoms with Crippen LogP contribution in [0.4, 0.5) is 0 Å². The minimum absolute atomic E-state index is 0.0664. The third-order valence-electron chi connectivity index (χ3n) is 4.12. The molecular formula is C16H30O2. The number of hydrogen-bond donors (Lipinski definition) is 1. The number of carbonyl (C=O) groups excluding carboxylic acids is 1. The van der Waals surface area contributed by atoms with Crippen molar-refractivity contribution >= 4 is 5.78 Å². The van der Waals surface area contributed by atoms with Gasteiger partial charge in [-0.1, -0.05) is 64.7 Å². The topological polar surface area (TPSA) is 37.3 Å². The van der Waals surface area contributed by atoms with Gasteiger partial charge < -0.3 is 5.11 Å². The molecule has 0 heterocycles. The normalized spacial score (nSPS) is 30.4. The summed E-state index contributed by atoms with van der Waals surface area (Å²) in [7, 11) is 0. The van der Waals surface area contributed by atoms with Gasteiger partial charge in [0, 0.05) is 6.42 Å². The van der Waals surface area contributed by atoms with Crippen molar-refractivity contribution in [1.82, 2.24) is 0 Å². The van der Waals surface area contributed by atoms with Gasteiger partial charge in [0.2, 0.25) is 0 Å². The molecule has 1 fully saturated rings. The van der Waals surface area contributed by atoms with Crippen LogP contribution in [0.25, 0.3) is 0 Å². The van der Waals surface area contributed by atoms with Crippen LogP contribution in [0.1, 0.15) is 84.0 Å². The van der Waals surface area contributed by atoms with Gasteiger partial charge in [-0.05, 0) is 18.8 Å². The predicted molar refractivity (Wildman–Crippen MR) is 75.6 cm³/mol. The van der Waals surface area contributed by atoms with Crippen molar-refractivity contribution in [2.45, 2.75) is 90.1 Å².